The number of halogens is 1. The maximum Gasteiger partial charge on any atom is 0.211 e. The van der Waals surface area contributed by atoms with Crippen molar-refractivity contribution in [1.82, 2.24) is 14.8 Å². The second-order valence-corrected chi connectivity index (χ2v) is 5.11. The van der Waals surface area contributed by atoms with Crippen molar-refractivity contribution in [3.8, 4) is 5.88 Å². The van der Waals surface area contributed by atoms with Crippen LogP contribution in [-0.2, 0) is 13.7 Å². The van der Waals surface area contributed by atoms with E-state index >= 15 is 0 Å². The standard InChI is InChI=1S/C14H12BrN3O/c1-18-14(4-5-17-18)19-9-10-2-3-11-7-16-8-13(15)12(11)6-10/h2-8H,9H2,1H3. The Bertz CT molecular complexity index is 724. The van der Waals surface area contributed by atoms with Crippen LogP contribution in [0.4, 0.5) is 0 Å². The molecule has 19 heavy (non-hydrogen) atoms. The van der Waals surface area contributed by atoms with Crippen molar-refractivity contribution in [2.45, 2.75) is 6.61 Å². The van der Waals surface area contributed by atoms with E-state index in [0.717, 1.165) is 26.7 Å². The van der Waals surface area contributed by atoms with Gasteiger partial charge in [-0.05, 0) is 32.9 Å². The molecule has 96 valence electrons. The van der Waals surface area contributed by atoms with Gasteiger partial charge in [-0.25, -0.2) is 4.68 Å². The maximum atomic E-state index is 5.72. The van der Waals surface area contributed by atoms with Crippen molar-refractivity contribution in [3.05, 3.63) is 52.9 Å². The first-order valence-electron chi connectivity index (χ1n) is 5.87. The maximum absolute atomic E-state index is 5.72. The first kappa shape index (κ1) is 12.2. The zero-order valence-electron chi connectivity index (χ0n) is 10.4. The predicted octanol–water partition coefficient (Wildman–Crippen LogP) is 3.31. The minimum absolute atomic E-state index is 0.518. The Hall–Kier alpha value is -1.88. The number of aryl methyl sites for hydroxylation is 1. The van der Waals surface area contributed by atoms with Gasteiger partial charge in [0.15, 0.2) is 0 Å². The average molecular weight is 318 g/mol. The van der Waals surface area contributed by atoms with Crippen LogP contribution in [0.5, 0.6) is 5.88 Å². The molecule has 4 nitrogen and oxygen atoms in total. The molecule has 0 saturated carbocycles. The molecule has 0 fully saturated rings. The molecule has 0 aliphatic rings. The third-order valence-corrected chi connectivity index (χ3v) is 3.57. The molecular formula is C14H12BrN3O. The molecule has 1 aromatic carbocycles. The summed E-state index contributed by atoms with van der Waals surface area (Å²) in [6.45, 7) is 0.518. The summed E-state index contributed by atoms with van der Waals surface area (Å²) in [6.07, 6.45) is 5.37. The quantitative estimate of drug-likeness (QED) is 0.744. The Kier molecular flexibility index (Phi) is 3.21. The van der Waals surface area contributed by atoms with E-state index in [1.807, 2.05) is 25.4 Å². The van der Waals surface area contributed by atoms with Crippen LogP contribution in [-0.4, -0.2) is 14.8 Å². The summed E-state index contributed by atoms with van der Waals surface area (Å²) in [5.41, 5.74) is 1.11. The van der Waals surface area contributed by atoms with Crippen molar-refractivity contribution >= 4 is 26.7 Å². The minimum Gasteiger partial charge on any atom is -0.473 e. The third-order valence-electron chi connectivity index (χ3n) is 2.94. The number of hydrogen-bond donors (Lipinski definition) is 0. The Morgan fingerprint density at radius 3 is 2.95 bits per heavy atom. The van der Waals surface area contributed by atoms with Gasteiger partial charge in [0.25, 0.3) is 0 Å². The van der Waals surface area contributed by atoms with Crippen LogP contribution in [0.3, 0.4) is 0 Å². The van der Waals surface area contributed by atoms with Gasteiger partial charge in [0, 0.05) is 35.4 Å². The van der Waals surface area contributed by atoms with E-state index < -0.39 is 0 Å². The molecule has 0 amide bonds. The fraction of sp³-hybridized carbons (Fsp3) is 0.143. The van der Waals surface area contributed by atoms with E-state index in [1.165, 1.54) is 0 Å². The van der Waals surface area contributed by atoms with Crippen molar-refractivity contribution in [2.75, 3.05) is 0 Å². The third kappa shape index (κ3) is 2.46. The smallest absolute Gasteiger partial charge is 0.211 e. The topological polar surface area (TPSA) is 39.9 Å². The van der Waals surface area contributed by atoms with Crippen molar-refractivity contribution in [1.29, 1.82) is 0 Å². The van der Waals surface area contributed by atoms with E-state index in [1.54, 1.807) is 17.1 Å². The van der Waals surface area contributed by atoms with Crippen LogP contribution in [0.1, 0.15) is 5.56 Å². The lowest BCUT2D eigenvalue weighted by Crippen LogP contribution is -2.00. The van der Waals surface area contributed by atoms with Crippen LogP contribution >= 0.6 is 15.9 Å². The first-order chi connectivity index (χ1) is 9.24. The van der Waals surface area contributed by atoms with Gasteiger partial charge in [-0.2, -0.15) is 5.10 Å². The summed E-state index contributed by atoms with van der Waals surface area (Å²) >= 11 is 3.52. The molecule has 0 N–H and O–H groups in total. The largest absolute Gasteiger partial charge is 0.473 e. The number of benzene rings is 1. The minimum atomic E-state index is 0.518. The molecule has 0 bridgehead atoms. The molecule has 0 aliphatic carbocycles. The molecule has 2 aromatic heterocycles. The molecule has 0 radical (unpaired) electrons. The predicted molar refractivity (Wildman–Crippen MR) is 77.0 cm³/mol. The summed E-state index contributed by atoms with van der Waals surface area (Å²) < 4.78 is 8.42. The first-order valence-corrected chi connectivity index (χ1v) is 6.66. The van der Waals surface area contributed by atoms with Crippen LogP contribution < -0.4 is 4.74 Å². The lowest BCUT2D eigenvalue weighted by molar-refractivity contribution is 0.279. The van der Waals surface area contributed by atoms with E-state index in [-0.39, 0.29) is 0 Å². The fourth-order valence-electron chi connectivity index (χ4n) is 1.93. The number of aromatic nitrogens is 3. The molecule has 0 atom stereocenters. The number of nitrogens with zero attached hydrogens (tertiary/aromatic N) is 3. The Balaban J connectivity index is 1.86. The van der Waals surface area contributed by atoms with Crippen molar-refractivity contribution in [2.24, 2.45) is 7.05 Å². The number of pyridine rings is 1. The lowest BCUT2D eigenvalue weighted by atomic mass is 10.1. The lowest BCUT2D eigenvalue weighted by Gasteiger charge is -2.07. The summed E-state index contributed by atoms with van der Waals surface area (Å²) in [6, 6.07) is 8.06. The van der Waals surface area contributed by atoms with Crippen LogP contribution in [0.15, 0.2) is 47.3 Å². The van der Waals surface area contributed by atoms with Gasteiger partial charge in [-0.1, -0.05) is 12.1 Å². The number of fused-ring (bicyclic) bond motifs is 1. The molecule has 3 rings (SSSR count). The highest BCUT2D eigenvalue weighted by atomic mass is 79.9. The van der Waals surface area contributed by atoms with E-state index in [4.69, 9.17) is 4.74 Å². The fourth-order valence-corrected chi connectivity index (χ4v) is 2.39. The van der Waals surface area contributed by atoms with Crippen LogP contribution in [0, 0.1) is 0 Å². The van der Waals surface area contributed by atoms with Gasteiger partial charge in [-0.15, -0.1) is 0 Å². The summed E-state index contributed by atoms with van der Waals surface area (Å²) in [5.74, 6) is 0.758. The van der Waals surface area contributed by atoms with Crippen LogP contribution in [0.25, 0.3) is 10.8 Å². The molecule has 3 aromatic rings. The van der Waals surface area contributed by atoms with Gasteiger partial charge >= 0.3 is 0 Å². The van der Waals surface area contributed by atoms with Crippen LogP contribution in [0.2, 0.25) is 0 Å². The molecule has 0 aliphatic heterocycles. The molecule has 2 heterocycles. The van der Waals surface area contributed by atoms with Crippen molar-refractivity contribution < 1.29 is 4.74 Å². The SMILES string of the molecule is Cn1nccc1OCc1ccc2cncc(Br)c2c1. The Morgan fingerprint density at radius 1 is 1.26 bits per heavy atom. The number of ether oxygens (including phenoxy) is 1. The Labute approximate surface area is 119 Å². The molecule has 0 unspecified atom stereocenters. The highest BCUT2D eigenvalue weighted by molar-refractivity contribution is 9.10. The molecule has 0 saturated heterocycles. The number of rotatable bonds is 3. The zero-order valence-corrected chi connectivity index (χ0v) is 12.0. The van der Waals surface area contributed by atoms with Crippen molar-refractivity contribution in [3.63, 3.8) is 0 Å². The highest BCUT2D eigenvalue weighted by Crippen LogP contribution is 2.24. The second kappa shape index (κ2) is 5.01. The summed E-state index contributed by atoms with van der Waals surface area (Å²) in [7, 11) is 1.86. The normalized spacial score (nSPS) is 10.8. The monoisotopic (exact) mass is 317 g/mol. The van der Waals surface area contributed by atoms with Gasteiger partial charge in [0.2, 0.25) is 5.88 Å². The van der Waals surface area contributed by atoms with Gasteiger partial charge in [0.05, 0.1) is 6.20 Å². The van der Waals surface area contributed by atoms with E-state index in [2.05, 4.69) is 38.1 Å². The molecule has 0 spiro atoms. The average Bonchev–Trinajstić information content (AvgIpc) is 2.83. The van der Waals surface area contributed by atoms with Gasteiger partial charge in [-0.3, -0.25) is 4.98 Å². The summed E-state index contributed by atoms with van der Waals surface area (Å²) in [4.78, 5) is 4.15. The van der Waals surface area contributed by atoms with E-state index in [9.17, 15) is 0 Å². The number of hydrogen-bond acceptors (Lipinski definition) is 3. The zero-order chi connectivity index (χ0) is 13.2. The van der Waals surface area contributed by atoms with E-state index in [0.29, 0.717) is 6.61 Å². The Morgan fingerprint density at radius 2 is 2.16 bits per heavy atom. The summed E-state index contributed by atoms with van der Waals surface area (Å²) in [5, 5.41) is 6.32. The van der Waals surface area contributed by atoms with Gasteiger partial charge in [0.1, 0.15) is 6.61 Å². The molecular weight excluding hydrogens is 306 g/mol. The second-order valence-electron chi connectivity index (χ2n) is 4.26. The highest BCUT2D eigenvalue weighted by Gasteiger charge is 2.03. The molecule has 5 heteroatoms. The van der Waals surface area contributed by atoms with Gasteiger partial charge < -0.3 is 4.74 Å².